The van der Waals surface area contributed by atoms with E-state index >= 15 is 0 Å². The topological polar surface area (TPSA) is 52.0 Å². The van der Waals surface area contributed by atoms with Crippen molar-refractivity contribution in [1.82, 2.24) is 14.8 Å². The Bertz CT molecular complexity index is 491. The maximum Gasteiger partial charge on any atom is 0.123 e. The predicted octanol–water partition coefficient (Wildman–Crippen LogP) is 1.72. The zero-order valence-corrected chi connectivity index (χ0v) is 10.1. The van der Waals surface area contributed by atoms with Gasteiger partial charge >= 0.3 is 0 Å². The SMILES string of the molecule is c1cc(NCC2CCOC2)cc(-n2cnnc2)c1. The lowest BCUT2D eigenvalue weighted by atomic mass is 10.1. The minimum atomic E-state index is 0.628. The van der Waals surface area contributed by atoms with Crippen LogP contribution >= 0.6 is 0 Å². The highest BCUT2D eigenvalue weighted by Crippen LogP contribution is 2.17. The van der Waals surface area contributed by atoms with Crippen molar-refractivity contribution in [2.24, 2.45) is 5.92 Å². The molecule has 1 fully saturated rings. The van der Waals surface area contributed by atoms with E-state index in [0.29, 0.717) is 5.92 Å². The number of anilines is 1. The lowest BCUT2D eigenvalue weighted by Crippen LogP contribution is -2.14. The highest BCUT2D eigenvalue weighted by molar-refractivity contribution is 5.51. The van der Waals surface area contributed by atoms with Crippen LogP contribution < -0.4 is 5.32 Å². The monoisotopic (exact) mass is 244 g/mol. The van der Waals surface area contributed by atoms with Crippen molar-refractivity contribution in [3.63, 3.8) is 0 Å². The summed E-state index contributed by atoms with van der Waals surface area (Å²) in [6, 6.07) is 8.23. The van der Waals surface area contributed by atoms with Crippen molar-refractivity contribution in [3.05, 3.63) is 36.9 Å². The van der Waals surface area contributed by atoms with E-state index in [1.807, 2.05) is 16.7 Å². The van der Waals surface area contributed by atoms with Crippen LogP contribution in [0.4, 0.5) is 5.69 Å². The first-order valence-electron chi connectivity index (χ1n) is 6.18. The second kappa shape index (κ2) is 5.18. The minimum Gasteiger partial charge on any atom is -0.385 e. The van der Waals surface area contributed by atoms with Crippen molar-refractivity contribution in [1.29, 1.82) is 0 Å². The van der Waals surface area contributed by atoms with Crippen LogP contribution in [0, 0.1) is 5.92 Å². The third kappa shape index (κ3) is 2.51. The Morgan fingerprint density at radius 3 is 3.00 bits per heavy atom. The second-order valence-corrected chi connectivity index (χ2v) is 4.53. The smallest absolute Gasteiger partial charge is 0.123 e. The summed E-state index contributed by atoms with van der Waals surface area (Å²) in [6.07, 6.45) is 4.55. The van der Waals surface area contributed by atoms with Crippen molar-refractivity contribution < 1.29 is 4.74 Å². The number of aromatic nitrogens is 3. The van der Waals surface area contributed by atoms with Crippen LogP contribution in [0.5, 0.6) is 0 Å². The summed E-state index contributed by atoms with van der Waals surface area (Å²) in [5, 5.41) is 11.1. The zero-order valence-electron chi connectivity index (χ0n) is 10.1. The lowest BCUT2D eigenvalue weighted by molar-refractivity contribution is 0.187. The van der Waals surface area contributed by atoms with Gasteiger partial charge in [0.05, 0.1) is 12.3 Å². The van der Waals surface area contributed by atoms with E-state index < -0.39 is 0 Å². The minimum absolute atomic E-state index is 0.628. The first kappa shape index (κ1) is 11.2. The van der Waals surface area contributed by atoms with Gasteiger partial charge in [-0.2, -0.15) is 0 Å². The number of nitrogens with zero attached hydrogens (tertiary/aromatic N) is 3. The molecule has 1 saturated heterocycles. The number of nitrogens with one attached hydrogen (secondary N) is 1. The summed E-state index contributed by atoms with van der Waals surface area (Å²) in [4.78, 5) is 0. The quantitative estimate of drug-likeness (QED) is 0.889. The molecule has 1 N–H and O–H groups in total. The molecule has 1 aliphatic rings. The Balaban J connectivity index is 1.67. The molecule has 0 bridgehead atoms. The fraction of sp³-hybridized carbons (Fsp3) is 0.385. The van der Waals surface area contributed by atoms with Gasteiger partial charge in [-0.15, -0.1) is 10.2 Å². The number of ether oxygens (including phenoxy) is 1. The summed E-state index contributed by atoms with van der Waals surface area (Å²) in [5.74, 6) is 0.628. The first-order valence-corrected chi connectivity index (χ1v) is 6.18. The van der Waals surface area contributed by atoms with Crippen LogP contribution in [0.15, 0.2) is 36.9 Å². The molecule has 1 aromatic heterocycles. The summed E-state index contributed by atoms with van der Waals surface area (Å²) in [6.45, 7) is 2.73. The zero-order chi connectivity index (χ0) is 12.2. The Morgan fingerprint density at radius 2 is 2.22 bits per heavy atom. The Labute approximate surface area is 106 Å². The van der Waals surface area contributed by atoms with Crippen LogP contribution in [0.3, 0.4) is 0 Å². The maximum atomic E-state index is 5.37. The van der Waals surface area contributed by atoms with Gasteiger partial charge in [-0.1, -0.05) is 6.07 Å². The molecule has 0 spiro atoms. The number of benzene rings is 1. The molecule has 0 radical (unpaired) electrons. The molecule has 1 atom stereocenters. The van der Waals surface area contributed by atoms with E-state index in [4.69, 9.17) is 4.74 Å². The average molecular weight is 244 g/mol. The molecule has 18 heavy (non-hydrogen) atoms. The molecule has 1 aromatic carbocycles. The van der Waals surface area contributed by atoms with Crippen LogP contribution in [-0.2, 0) is 4.74 Å². The molecule has 1 unspecified atom stereocenters. The number of hydrogen-bond acceptors (Lipinski definition) is 4. The van der Waals surface area contributed by atoms with Crippen molar-refractivity contribution in [2.75, 3.05) is 25.1 Å². The highest BCUT2D eigenvalue weighted by Gasteiger charge is 2.14. The van der Waals surface area contributed by atoms with Gasteiger partial charge in [0.15, 0.2) is 0 Å². The van der Waals surface area contributed by atoms with Crippen molar-refractivity contribution in [2.45, 2.75) is 6.42 Å². The Kier molecular flexibility index (Phi) is 3.23. The molecule has 0 amide bonds. The number of rotatable bonds is 4. The van der Waals surface area contributed by atoms with E-state index in [9.17, 15) is 0 Å². The van der Waals surface area contributed by atoms with Crippen molar-refractivity contribution >= 4 is 5.69 Å². The normalized spacial score (nSPS) is 19.0. The lowest BCUT2D eigenvalue weighted by Gasteiger charge is -2.11. The van der Waals surface area contributed by atoms with E-state index in [1.54, 1.807) is 12.7 Å². The van der Waals surface area contributed by atoms with E-state index in [1.165, 1.54) is 0 Å². The van der Waals surface area contributed by atoms with Gasteiger partial charge in [-0.25, -0.2) is 0 Å². The molecule has 5 nitrogen and oxygen atoms in total. The van der Waals surface area contributed by atoms with Gasteiger partial charge in [-0.3, -0.25) is 4.57 Å². The maximum absolute atomic E-state index is 5.37. The predicted molar refractivity (Wildman–Crippen MR) is 68.8 cm³/mol. The second-order valence-electron chi connectivity index (χ2n) is 4.53. The molecule has 1 aliphatic heterocycles. The molecular formula is C13H16N4O. The van der Waals surface area contributed by atoms with E-state index in [0.717, 1.165) is 37.6 Å². The third-order valence-corrected chi connectivity index (χ3v) is 3.18. The summed E-state index contributed by atoms with van der Waals surface area (Å²) in [5.41, 5.74) is 2.18. The van der Waals surface area contributed by atoms with Crippen molar-refractivity contribution in [3.8, 4) is 5.69 Å². The van der Waals surface area contributed by atoms with Gasteiger partial charge in [0, 0.05) is 24.8 Å². The van der Waals surface area contributed by atoms with Crippen LogP contribution in [-0.4, -0.2) is 34.5 Å². The number of hydrogen-bond donors (Lipinski definition) is 1. The highest BCUT2D eigenvalue weighted by atomic mass is 16.5. The molecular weight excluding hydrogens is 228 g/mol. The first-order chi connectivity index (χ1) is 8.92. The van der Waals surface area contributed by atoms with Crippen LogP contribution in [0.1, 0.15) is 6.42 Å². The molecule has 94 valence electrons. The van der Waals surface area contributed by atoms with Gasteiger partial charge < -0.3 is 10.1 Å². The van der Waals surface area contributed by atoms with E-state index in [2.05, 4.69) is 27.6 Å². The summed E-state index contributed by atoms with van der Waals surface area (Å²) in [7, 11) is 0. The molecule has 2 aromatic rings. The fourth-order valence-corrected chi connectivity index (χ4v) is 2.12. The summed E-state index contributed by atoms with van der Waals surface area (Å²) < 4.78 is 7.26. The Morgan fingerprint density at radius 1 is 1.33 bits per heavy atom. The average Bonchev–Trinajstić information content (AvgIpc) is 3.10. The summed E-state index contributed by atoms with van der Waals surface area (Å²) >= 11 is 0. The van der Waals surface area contributed by atoms with Gasteiger partial charge in [-0.05, 0) is 24.6 Å². The molecule has 0 aliphatic carbocycles. The van der Waals surface area contributed by atoms with Crippen LogP contribution in [0.25, 0.3) is 5.69 Å². The van der Waals surface area contributed by atoms with Gasteiger partial charge in [0.2, 0.25) is 0 Å². The molecule has 0 saturated carbocycles. The van der Waals surface area contributed by atoms with Gasteiger partial charge in [0.1, 0.15) is 12.7 Å². The van der Waals surface area contributed by atoms with Gasteiger partial charge in [0.25, 0.3) is 0 Å². The standard InChI is InChI=1S/C13H16N4O/c1-2-12(14-7-11-4-5-18-8-11)6-13(3-1)17-9-15-16-10-17/h1-3,6,9-11,14H,4-5,7-8H2. The van der Waals surface area contributed by atoms with E-state index in [-0.39, 0.29) is 0 Å². The third-order valence-electron chi connectivity index (χ3n) is 3.18. The Hall–Kier alpha value is -1.88. The molecule has 3 rings (SSSR count). The fourth-order valence-electron chi connectivity index (χ4n) is 2.12. The molecule has 2 heterocycles. The van der Waals surface area contributed by atoms with Crippen LogP contribution in [0.2, 0.25) is 0 Å². The molecule has 5 heteroatoms. The largest absolute Gasteiger partial charge is 0.385 e.